The number of aromatic hydroxyl groups is 1. The summed E-state index contributed by atoms with van der Waals surface area (Å²) in [5, 5.41) is 13.0. The topological polar surface area (TPSA) is 41.5 Å². The summed E-state index contributed by atoms with van der Waals surface area (Å²) in [4.78, 5) is 0. The Labute approximate surface area is 139 Å². The maximum atomic E-state index is 13.2. The number of hydrogen-bond donors (Lipinski definition) is 2. The molecular weight excluding hydrogens is 405 g/mol. The Balaban J connectivity index is 2.03. The Hall–Kier alpha value is -1.11. The molecule has 0 saturated carbocycles. The van der Waals surface area contributed by atoms with E-state index in [1.807, 2.05) is 6.07 Å². The number of methoxy groups -OCH3 is 1. The SMILES string of the molecule is COc1cc(CNCc2cc(F)ccc2Br)cc(Br)c1O. The zero-order valence-electron chi connectivity index (χ0n) is 11.3. The summed E-state index contributed by atoms with van der Waals surface area (Å²) in [5.41, 5.74) is 1.80. The Morgan fingerprint density at radius 1 is 1.14 bits per heavy atom. The summed E-state index contributed by atoms with van der Waals surface area (Å²) in [6.45, 7) is 1.09. The molecule has 2 aromatic rings. The molecule has 0 saturated heterocycles. The summed E-state index contributed by atoms with van der Waals surface area (Å²) < 4.78 is 19.7. The van der Waals surface area contributed by atoms with Gasteiger partial charge in [-0.05, 0) is 57.4 Å². The average molecular weight is 419 g/mol. The minimum atomic E-state index is -0.260. The van der Waals surface area contributed by atoms with E-state index in [0.29, 0.717) is 23.3 Å². The van der Waals surface area contributed by atoms with Crippen LogP contribution < -0.4 is 10.1 Å². The molecule has 2 N–H and O–H groups in total. The fourth-order valence-corrected chi connectivity index (χ4v) is 2.78. The Morgan fingerprint density at radius 2 is 1.90 bits per heavy atom. The zero-order chi connectivity index (χ0) is 15.4. The van der Waals surface area contributed by atoms with Crippen LogP contribution in [-0.4, -0.2) is 12.2 Å². The quantitative estimate of drug-likeness (QED) is 0.758. The molecule has 0 aliphatic heterocycles. The van der Waals surface area contributed by atoms with Crippen LogP contribution in [0.1, 0.15) is 11.1 Å². The van der Waals surface area contributed by atoms with E-state index in [-0.39, 0.29) is 11.6 Å². The number of ether oxygens (including phenoxy) is 1. The van der Waals surface area contributed by atoms with Crippen LogP contribution in [0.25, 0.3) is 0 Å². The van der Waals surface area contributed by atoms with Crippen molar-refractivity contribution in [3.05, 3.63) is 56.2 Å². The van der Waals surface area contributed by atoms with Crippen LogP contribution in [0.2, 0.25) is 0 Å². The van der Waals surface area contributed by atoms with Gasteiger partial charge in [0.1, 0.15) is 5.82 Å². The maximum absolute atomic E-state index is 13.2. The van der Waals surface area contributed by atoms with Gasteiger partial charge in [0.05, 0.1) is 11.6 Å². The van der Waals surface area contributed by atoms with Crippen molar-refractivity contribution in [2.24, 2.45) is 0 Å². The molecule has 6 heteroatoms. The van der Waals surface area contributed by atoms with Gasteiger partial charge in [0.2, 0.25) is 0 Å². The molecule has 21 heavy (non-hydrogen) atoms. The van der Waals surface area contributed by atoms with Gasteiger partial charge in [-0.15, -0.1) is 0 Å². The van der Waals surface area contributed by atoms with Crippen LogP contribution in [0.5, 0.6) is 11.5 Å². The molecule has 2 rings (SSSR count). The van der Waals surface area contributed by atoms with Gasteiger partial charge in [0.15, 0.2) is 11.5 Å². The van der Waals surface area contributed by atoms with Crippen molar-refractivity contribution in [2.45, 2.75) is 13.1 Å². The van der Waals surface area contributed by atoms with E-state index >= 15 is 0 Å². The highest BCUT2D eigenvalue weighted by Gasteiger charge is 2.08. The lowest BCUT2D eigenvalue weighted by Gasteiger charge is -2.10. The van der Waals surface area contributed by atoms with Crippen molar-refractivity contribution in [3.8, 4) is 11.5 Å². The van der Waals surface area contributed by atoms with Gasteiger partial charge < -0.3 is 15.2 Å². The minimum Gasteiger partial charge on any atom is -0.503 e. The molecule has 112 valence electrons. The zero-order valence-corrected chi connectivity index (χ0v) is 14.5. The molecule has 3 nitrogen and oxygen atoms in total. The number of rotatable bonds is 5. The molecule has 0 bridgehead atoms. The lowest BCUT2D eigenvalue weighted by molar-refractivity contribution is 0.371. The highest BCUT2D eigenvalue weighted by molar-refractivity contribution is 9.10. The molecule has 0 aliphatic rings. The molecule has 0 atom stereocenters. The normalized spacial score (nSPS) is 10.7. The van der Waals surface area contributed by atoms with Crippen molar-refractivity contribution in [3.63, 3.8) is 0 Å². The van der Waals surface area contributed by atoms with Gasteiger partial charge in [-0.25, -0.2) is 4.39 Å². The first-order chi connectivity index (χ1) is 10.0. The third-order valence-electron chi connectivity index (χ3n) is 2.96. The van der Waals surface area contributed by atoms with Gasteiger partial charge in [-0.2, -0.15) is 0 Å². The van der Waals surface area contributed by atoms with E-state index in [1.54, 1.807) is 12.1 Å². The highest BCUT2D eigenvalue weighted by atomic mass is 79.9. The van der Waals surface area contributed by atoms with E-state index in [4.69, 9.17) is 4.74 Å². The maximum Gasteiger partial charge on any atom is 0.172 e. The minimum absolute atomic E-state index is 0.0779. The third kappa shape index (κ3) is 4.18. The summed E-state index contributed by atoms with van der Waals surface area (Å²) in [5.74, 6) is 0.228. The van der Waals surface area contributed by atoms with Gasteiger partial charge in [0.25, 0.3) is 0 Å². The second kappa shape index (κ2) is 7.24. The van der Waals surface area contributed by atoms with Crippen LogP contribution >= 0.6 is 31.9 Å². The highest BCUT2D eigenvalue weighted by Crippen LogP contribution is 2.35. The first-order valence-corrected chi connectivity index (χ1v) is 7.80. The summed E-state index contributed by atoms with van der Waals surface area (Å²) in [6.07, 6.45) is 0. The number of benzene rings is 2. The van der Waals surface area contributed by atoms with E-state index in [9.17, 15) is 9.50 Å². The lowest BCUT2D eigenvalue weighted by Crippen LogP contribution is -2.13. The standard InChI is InChI=1S/C15H14Br2FNO2/c1-21-14-5-9(4-13(17)15(14)20)7-19-8-10-6-11(18)2-3-12(10)16/h2-6,19-20H,7-8H2,1H3. The smallest absolute Gasteiger partial charge is 0.172 e. The van der Waals surface area contributed by atoms with Crippen molar-refractivity contribution < 1.29 is 14.2 Å². The number of halogens is 3. The Kier molecular flexibility index (Phi) is 5.61. The van der Waals surface area contributed by atoms with Crippen LogP contribution in [-0.2, 0) is 13.1 Å². The molecule has 0 heterocycles. The van der Waals surface area contributed by atoms with Gasteiger partial charge >= 0.3 is 0 Å². The molecule has 0 unspecified atom stereocenters. The molecule has 0 fully saturated rings. The van der Waals surface area contributed by atoms with Crippen molar-refractivity contribution >= 4 is 31.9 Å². The van der Waals surface area contributed by atoms with Crippen molar-refractivity contribution in [1.82, 2.24) is 5.32 Å². The number of phenols is 1. The summed E-state index contributed by atoms with van der Waals surface area (Å²) in [7, 11) is 1.50. The fraction of sp³-hybridized carbons (Fsp3) is 0.200. The Morgan fingerprint density at radius 3 is 2.62 bits per heavy atom. The van der Waals surface area contributed by atoms with Crippen LogP contribution in [0.15, 0.2) is 39.3 Å². The first kappa shape index (κ1) is 16.3. The van der Waals surface area contributed by atoms with E-state index < -0.39 is 0 Å². The monoisotopic (exact) mass is 417 g/mol. The van der Waals surface area contributed by atoms with E-state index in [2.05, 4.69) is 37.2 Å². The lowest BCUT2D eigenvalue weighted by atomic mass is 10.2. The molecule has 2 aromatic carbocycles. The molecule has 0 amide bonds. The van der Waals surface area contributed by atoms with Gasteiger partial charge in [-0.1, -0.05) is 15.9 Å². The predicted octanol–water partition coefficient (Wildman–Crippen LogP) is 4.35. The van der Waals surface area contributed by atoms with Crippen molar-refractivity contribution in [1.29, 1.82) is 0 Å². The first-order valence-electron chi connectivity index (χ1n) is 6.21. The van der Waals surface area contributed by atoms with E-state index in [0.717, 1.165) is 15.6 Å². The van der Waals surface area contributed by atoms with Crippen LogP contribution in [0, 0.1) is 5.82 Å². The largest absolute Gasteiger partial charge is 0.503 e. The average Bonchev–Trinajstić information content (AvgIpc) is 2.46. The molecule has 0 aliphatic carbocycles. The molecular formula is C15H14Br2FNO2. The molecule has 0 radical (unpaired) electrons. The fourth-order valence-electron chi connectivity index (χ4n) is 1.91. The summed E-state index contributed by atoms with van der Waals surface area (Å²) in [6, 6.07) is 8.16. The summed E-state index contributed by atoms with van der Waals surface area (Å²) >= 11 is 6.67. The van der Waals surface area contributed by atoms with Gasteiger partial charge in [-0.3, -0.25) is 0 Å². The predicted molar refractivity (Wildman–Crippen MR) is 87.0 cm³/mol. The third-order valence-corrected chi connectivity index (χ3v) is 4.34. The van der Waals surface area contributed by atoms with Crippen LogP contribution in [0.3, 0.4) is 0 Å². The Bertz CT molecular complexity index is 650. The molecule has 0 aromatic heterocycles. The number of hydrogen-bond acceptors (Lipinski definition) is 3. The van der Waals surface area contributed by atoms with Crippen molar-refractivity contribution in [2.75, 3.05) is 7.11 Å². The number of nitrogens with one attached hydrogen (secondary N) is 1. The second-order valence-corrected chi connectivity index (χ2v) is 6.18. The van der Waals surface area contributed by atoms with Crippen LogP contribution in [0.4, 0.5) is 4.39 Å². The molecule has 0 spiro atoms. The number of phenolic OH excluding ortho intramolecular Hbond substituents is 1. The van der Waals surface area contributed by atoms with Gasteiger partial charge in [0, 0.05) is 17.6 Å². The second-order valence-electron chi connectivity index (χ2n) is 4.47. The van der Waals surface area contributed by atoms with E-state index in [1.165, 1.54) is 19.2 Å².